The van der Waals surface area contributed by atoms with Crippen LogP contribution in [0, 0.1) is 11.3 Å². The topological polar surface area (TPSA) is 55.5 Å². The molecule has 3 atom stereocenters. The van der Waals surface area contributed by atoms with Gasteiger partial charge in [-0.2, -0.15) is 0 Å². The second kappa shape index (κ2) is 5.48. The van der Waals surface area contributed by atoms with Crippen LogP contribution in [0.15, 0.2) is 0 Å². The van der Waals surface area contributed by atoms with Crippen molar-refractivity contribution in [3.05, 3.63) is 0 Å². The Kier molecular flexibility index (Phi) is 4.77. The Balaban J connectivity index is 2.72. The van der Waals surface area contributed by atoms with E-state index in [1.807, 2.05) is 6.92 Å². The lowest BCUT2D eigenvalue weighted by molar-refractivity contribution is -0.0822. The molecule has 1 saturated carbocycles. The fourth-order valence-corrected chi connectivity index (χ4v) is 3.05. The first-order valence-electron chi connectivity index (χ1n) is 6.42. The molecule has 1 aliphatic carbocycles. The zero-order chi connectivity index (χ0) is 12.2. The molecule has 3 unspecified atom stereocenters. The van der Waals surface area contributed by atoms with E-state index >= 15 is 0 Å². The van der Waals surface area contributed by atoms with Crippen molar-refractivity contribution in [1.82, 2.24) is 0 Å². The van der Waals surface area contributed by atoms with Crippen LogP contribution in [-0.2, 0) is 4.74 Å². The molecule has 0 heterocycles. The molecule has 0 aromatic rings. The van der Waals surface area contributed by atoms with Gasteiger partial charge in [0.1, 0.15) is 0 Å². The van der Waals surface area contributed by atoms with Gasteiger partial charge in [0.2, 0.25) is 0 Å². The second-order valence-corrected chi connectivity index (χ2v) is 5.52. The molecule has 0 radical (unpaired) electrons. The number of aliphatic hydroxyl groups is 1. The predicted molar refractivity (Wildman–Crippen MR) is 66.2 cm³/mol. The van der Waals surface area contributed by atoms with Crippen molar-refractivity contribution < 1.29 is 9.84 Å². The van der Waals surface area contributed by atoms with Crippen LogP contribution in [-0.4, -0.2) is 31.0 Å². The van der Waals surface area contributed by atoms with Crippen LogP contribution >= 0.6 is 0 Å². The Hall–Kier alpha value is -0.120. The van der Waals surface area contributed by atoms with Crippen molar-refractivity contribution >= 4 is 0 Å². The van der Waals surface area contributed by atoms with Crippen LogP contribution in [0.1, 0.15) is 46.0 Å². The molecule has 1 rings (SSSR count). The van der Waals surface area contributed by atoms with Gasteiger partial charge in [-0.1, -0.05) is 13.3 Å². The first-order valence-corrected chi connectivity index (χ1v) is 6.42. The molecule has 0 aromatic heterocycles. The van der Waals surface area contributed by atoms with Crippen LogP contribution in [0.2, 0.25) is 0 Å². The summed E-state index contributed by atoms with van der Waals surface area (Å²) >= 11 is 0. The van der Waals surface area contributed by atoms with E-state index < -0.39 is 5.60 Å². The van der Waals surface area contributed by atoms with E-state index in [-0.39, 0.29) is 5.41 Å². The summed E-state index contributed by atoms with van der Waals surface area (Å²) in [7, 11) is 1.68. The normalized spacial score (nSPS) is 33.9. The predicted octanol–water partition coefficient (Wildman–Crippen LogP) is 1.93. The van der Waals surface area contributed by atoms with Gasteiger partial charge in [-0.05, 0) is 38.5 Å². The van der Waals surface area contributed by atoms with Crippen molar-refractivity contribution in [1.29, 1.82) is 0 Å². The summed E-state index contributed by atoms with van der Waals surface area (Å²) in [4.78, 5) is 0. The summed E-state index contributed by atoms with van der Waals surface area (Å²) in [6.45, 7) is 5.34. The van der Waals surface area contributed by atoms with Crippen LogP contribution < -0.4 is 5.73 Å². The number of hydrogen-bond donors (Lipinski definition) is 2. The van der Waals surface area contributed by atoms with Crippen LogP contribution in [0.5, 0.6) is 0 Å². The molecule has 0 bridgehead atoms. The van der Waals surface area contributed by atoms with Gasteiger partial charge in [-0.25, -0.2) is 0 Å². The summed E-state index contributed by atoms with van der Waals surface area (Å²) in [6.07, 6.45) is 5.20. The van der Waals surface area contributed by atoms with Crippen molar-refractivity contribution in [2.45, 2.75) is 51.6 Å². The van der Waals surface area contributed by atoms with Crippen LogP contribution in [0.3, 0.4) is 0 Å². The minimum atomic E-state index is -0.693. The molecule has 3 nitrogen and oxygen atoms in total. The Bertz CT molecular complexity index is 218. The molecule has 3 heteroatoms. The molecule has 96 valence electrons. The van der Waals surface area contributed by atoms with E-state index in [2.05, 4.69) is 6.92 Å². The minimum Gasteiger partial charge on any atom is -0.389 e. The van der Waals surface area contributed by atoms with Crippen molar-refractivity contribution in [2.24, 2.45) is 17.1 Å². The summed E-state index contributed by atoms with van der Waals surface area (Å²) in [5, 5.41) is 10.6. The van der Waals surface area contributed by atoms with Gasteiger partial charge in [0.05, 0.1) is 5.60 Å². The van der Waals surface area contributed by atoms with Gasteiger partial charge < -0.3 is 15.6 Å². The Morgan fingerprint density at radius 1 is 1.56 bits per heavy atom. The van der Waals surface area contributed by atoms with Gasteiger partial charge in [0, 0.05) is 25.7 Å². The Morgan fingerprint density at radius 3 is 2.69 bits per heavy atom. The molecular weight excluding hydrogens is 202 g/mol. The highest BCUT2D eigenvalue weighted by Gasteiger charge is 2.49. The number of methoxy groups -OCH3 is 1. The maximum atomic E-state index is 10.6. The SMILES string of the molecule is CCC1CCC(CN)(C(C)(O)CCOC)C1. The largest absolute Gasteiger partial charge is 0.389 e. The molecule has 16 heavy (non-hydrogen) atoms. The van der Waals surface area contributed by atoms with Crippen LogP contribution in [0.4, 0.5) is 0 Å². The average molecular weight is 229 g/mol. The second-order valence-electron chi connectivity index (χ2n) is 5.52. The van der Waals surface area contributed by atoms with Crippen LogP contribution in [0.25, 0.3) is 0 Å². The molecule has 3 N–H and O–H groups in total. The van der Waals surface area contributed by atoms with Gasteiger partial charge in [-0.3, -0.25) is 0 Å². The Labute approximate surface area is 99.4 Å². The maximum absolute atomic E-state index is 10.6. The van der Waals surface area contributed by atoms with E-state index in [1.54, 1.807) is 7.11 Å². The monoisotopic (exact) mass is 229 g/mol. The van der Waals surface area contributed by atoms with Gasteiger partial charge in [0.15, 0.2) is 0 Å². The van der Waals surface area contributed by atoms with Crippen molar-refractivity contribution in [3.63, 3.8) is 0 Å². The molecular formula is C13H27NO2. The highest BCUT2D eigenvalue weighted by molar-refractivity contribution is 5.01. The molecule has 0 saturated heterocycles. The first kappa shape index (κ1) is 13.9. The Morgan fingerprint density at radius 2 is 2.25 bits per heavy atom. The number of rotatable bonds is 6. The highest BCUT2D eigenvalue weighted by atomic mass is 16.5. The number of ether oxygens (including phenoxy) is 1. The number of hydrogen-bond acceptors (Lipinski definition) is 3. The summed E-state index contributed by atoms with van der Waals surface area (Å²) in [5.74, 6) is 0.734. The molecule has 1 aliphatic rings. The quantitative estimate of drug-likeness (QED) is 0.731. The van der Waals surface area contributed by atoms with Gasteiger partial charge >= 0.3 is 0 Å². The molecule has 1 fully saturated rings. The molecule has 0 aliphatic heterocycles. The summed E-state index contributed by atoms with van der Waals surface area (Å²) < 4.78 is 5.08. The lowest BCUT2D eigenvalue weighted by atomic mass is 9.69. The first-order chi connectivity index (χ1) is 7.51. The maximum Gasteiger partial charge on any atom is 0.0709 e. The average Bonchev–Trinajstić information content (AvgIpc) is 2.71. The van der Waals surface area contributed by atoms with E-state index in [9.17, 15) is 5.11 Å². The van der Waals surface area contributed by atoms with Gasteiger partial charge in [-0.15, -0.1) is 0 Å². The zero-order valence-corrected chi connectivity index (χ0v) is 11.0. The lowest BCUT2D eigenvalue weighted by Crippen LogP contribution is -2.50. The van der Waals surface area contributed by atoms with E-state index in [4.69, 9.17) is 10.5 Å². The molecule has 0 amide bonds. The third-order valence-corrected chi connectivity index (χ3v) is 4.61. The van der Waals surface area contributed by atoms with E-state index in [0.717, 1.165) is 18.8 Å². The summed E-state index contributed by atoms with van der Waals surface area (Å²) in [5.41, 5.74) is 5.16. The third-order valence-electron chi connectivity index (χ3n) is 4.61. The smallest absolute Gasteiger partial charge is 0.0709 e. The van der Waals surface area contributed by atoms with E-state index in [1.165, 1.54) is 12.8 Å². The molecule has 0 aromatic carbocycles. The van der Waals surface area contributed by atoms with Crippen molar-refractivity contribution in [2.75, 3.05) is 20.3 Å². The fourth-order valence-electron chi connectivity index (χ4n) is 3.05. The minimum absolute atomic E-state index is 0.0911. The lowest BCUT2D eigenvalue weighted by Gasteiger charge is -2.42. The highest BCUT2D eigenvalue weighted by Crippen LogP contribution is 2.50. The standard InChI is InChI=1S/C13H27NO2/c1-4-11-5-6-13(9-11,10-14)12(2,15)7-8-16-3/h11,15H,4-10,14H2,1-3H3. The summed E-state index contributed by atoms with van der Waals surface area (Å²) in [6, 6.07) is 0. The third kappa shape index (κ3) is 2.58. The van der Waals surface area contributed by atoms with Gasteiger partial charge in [0.25, 0.3) is 0 Å². The zero-order valence-electron chi connectivity index (χ0n) is 11.0. The number of nitrogens with two attached hydrogens (primary N) is 1. The van der Waals surface area contributed by atoms with E-state index in [0.29, 0.717) is 19.6 Å². The fraction of sp³-hybridized carbons (Fsp3) is 1.00. The molecule has 0 spiro atoms. The van der Waals surface area contributed by atoms with Crippen molar-refractivity contribution in [3.8, 4) is 0 Å².